The fraction of sp³-hybridized carbons (Fsp3) is 0.571. The smallest absolute Gasteiger partial charge is 0.269 e. The van der Waals surface area contributed by atoms with E-state index in [1.807, 2.05) is 6.92 Å². The van der Waals surface area contributed by atoms with Gasteiger partial charge in [-0.2, -0.15) is 10.1 Å². The highest BCUT2D eigenvalue weighted by molar-refractivity contribution is 5.90. The van der Waals surface area contributed by atoms with Crippen LogP contribution in [0.25, 0.3) is 0 Å². The molecule has 3 N–H and O–H groups in total. The third-order valence-corrected chi connectivity index (χ3v) is 3.97. The number of primary amides is 1. The monoisotopic (exact) mass is 304 g/mol. The van der Waals surface area contributed by atoms with Crippen molar-refractivity contribution in [3.05, 3.63) is 29.2 Å². The van der Waals surface area contributed by atoms with Crippen LogP contribution in [0.2, 0.25) is 0 Å². The van der Waals surface area contributed by atoms with Crippen molar-refractivity contribution >= 4 is 5.91 Å². The summed E-state index contributed by atoms with van der Waals surface area (Å²) in [4.78, 5) is 17.8. The average molecular weight is 304 g/mol. The second kappa shape index (κ2) is 6.27. The fourth-order valence-corrected chi connectivity index (χ4v) is 2.82. The van der Waals surface area contributed by atoms with Crippen molar-refractivity contribution in [3.8, 4) is 0 Å². The van der Waals surface area contributed by atoms with Crippen molar-refractivity contribution in [2.24, 2.45) is 5.73 Å². The molecule has 0 saturated carbocycles. The molecule has 1 aliphatic heterocycles. The van der Waals surface area contributed by atoms with Gasteiger partial charge < -0.3 is 10.3 Å². The molecule has 3 rings (SSSR count). The summed E-state index contributed by atoms with van der Waals surface area (Å²) >= 11 is 0. The molecular formula is C14H20N6O2. The van der Waals surface area contributed by atoms with E-state index in [1.165, 1.54) is 0 Å². The highest BCUT2D eigenvalue weighted by Gasteiger charge is 2.24. The lowest BCUT2D eigenvalue weighted by Crippen LogP contribution is -2.34. The van der Waals surface area contributed by atoms with Gasteiger partial charge in [0.1, 0.15) is 5.69 Å². The normalized spacial score (nSPS) is 19.4. The molecule has 2 aromatic heterocycles. The molecular weight excluding hydrogens is 284 g/mol. The number of nitrogens with zero attached hydrogens (tertiary/aromatic N) is 4. The molecule has 2 aromatic rings. The molecule has 1 atom stereocenters. The molecule has 118 valence electrons. The van der Waals surface area contributed by atoms with Crippen molar-refractivity contribution < 1.29 is 9.32 Å². The van der Waals surface area contributed by atoms with Gasteiger partial charge in [0, 0.05) is 24.6 Å². The Labute approximate surface area is 128 Å². The van der Waals surface area contributed by atoms with Crippen LogP contribution < -0.4 is 5.73 Å². The topological polar surface area (TPSA) is 114 Å². The Morgan fingerprint density at radius 1 is 1.59 bits per heavy atom. The van der Waals surface area contributed by atoms with Crippen LogP contribution in [0.3, 0.4) is 0 Å². The minimum Gasteiger partial charge on any atom is -0.364 e. The van der Waals surface area contributed by atoms with Gasteiger partial charge in [0.25, 0.3) is 5.91 Å². The van der Waals surface area contributed by atoms with Gasteiger partial charge >= 0.3 is 0 Å². The molecule has 3 heterocycles. The zero-order valence-electron chi connectivity index (χ0n) is 12.6. The highest BCUT2D eigenvalue weighted by Crippen LogP contribution is 2.26. The van der Waals surface area contributed by atoms with Crippen molar-refractivity contribution in [2.75, 3.05) is 13.1 Å². The Balaban J connectivity index is 1.64. The summed E-state index contributed by atoms with van der Waals surface area (Å²) in [5.74, 6) is 1.20. The molecule has 1 fully saturated rings. The maximum atomic E-state index is 11.1. The number of piperidine rings is 1. The highest BCUT2D eigenvalue weighted by atomic mass is 16.5. The number of nitrogens with two attached hydrogens (primary N) is 1. The van der Waals surface area contributed by atoms with Gasteiger partial charge in [0.05, 0.1) is 6.54 Å². The van der Waals surface area contributed by atoms with E-state index in [1.54, 1.807) is 6.07 Å². The minimum atomic E-state index is -0.506. The van der Waals surface area contributed by atoms with Gasteiger partial charge in [-0.05, 0) is 25.5 Å². The molecule has 8 heteroatoms. The molecule has 0 bridgehead atoms. The maximum Gasteiger partial charge on any atom is 0.269 e. The van der Waals surface area contributed by atoms with Gasteiger partial charge in [-0.3, -0.25) is 14.8 Å². The number of aromatic amines is 1. The summed E-state index contributed by atoms with van der Waals surface area (Å²) < 4.78 is 5.14. The third-order valence-electron chi connectivity index (χ3n) is 3.97. The Morgan fingerprint density at radius 3 is 3.14 bits per heavy atom. The third kappa shape index (κ3) is 3.16. The first kappa shape index (κ1) is 14.7. The molecule has 1 unspecified atom stereocenters. The van der Waals surface area contributed by atoms with Crippen LogP contribution in [0, 0.1) is 0 Å². The zero-order chi connectivity index (χ0) is 15.5. The first-order chi connectivity index (χ1) is 10.7. The average Bonchev–Trinajstić information content (AvgIpc) is 3.16. The molecule has 22 heavy (non-hydrogen) atoms. The molecule has 1 amide bonds. The van der Waals surface area contributed by atoms with Crippen molar-refractivity contribution in [2.45, 2.75) is 38.6 Å². The van der Waals surface area contributed by atoms with E-state index in [0.29, 0.717) is 18.4 Å². The van der Waals surface area contributed by atoms with Crippen LogP contribution >= 0.6 is 0 Å². The molecule has 0 aromatic carbocycles. The lowest BCUT2D eigenvalue weighted by atomic mass is 9.94. The zero-order valence-corrected chi connectivity index (χ0v) is 12.6. The summed E-state index contributed by atoms with van der Waals surface area (Å²) in [5, 5.41) is 10.9. The van der Waals surface area contributed by atoms with Crippen molar-refractivity contribution in [1.82, 2.24) is 25.2 Å². The summed E-state index contributed by atoms with van der Waals surface area (Å²) in [6.07, 6.45) is 2.89. The van der Waals surface area contributed by atoms with Crippen LogP contribution in [0.1, 0.15) is 53.6 Å². The number of aryl methyl sites for hydroxylation is 1. The molecule has 1 aliphatic rings. The minimum absolute atomic E-state index is 0.290. The molecule has 0 radical (unpaired) electrons. The maximum absolute atomic E-state index is 11.1. The SMILES string of the molecule is CCc1nc(CN2CCCC(c3cc(C(N)=O)n[nH]3)C2)no1. The van der Waals surface area contributed by atoms with Crippen LogP contribution in [0.4, 0.5) is 0 Å². The summed E-state index contributed by atoms with van der Waals surface area (Å²) in [5.41, 5.74) is 6.49. The Hall–Kier alpha value is -2.22. The van der Waals surface area contributed by atoms with E-state index >= 15 is 0 Å². The van der Waals surface area contributed by atoms with Crippen LogP contribution in [0.15, 0.2) is 10.6 Å². The fourth-order valence-electron chi connectivity index (χ4n) is 2.82. The van der Waals surface area contributed by atoms with Crippen LogP contribution in [-0.2, 0) is 13.0 Å². The summed E-state index contributed by atoms with van der Waals surface area (Å²) in [6, 6.07) is 1.75. The summed E-state index contributed by atoms with van der Waals surface area (Å²) in [6.45, 7) is 4.54. The first-order valence-electron chi connectivity index (χ1n) is 7.54. The lowest BCUT2D eigenvalue weighted by molar-refractivity contribution is 0.0995. The number of likely N-dealkylation sites (tertiary alicyclic amines) is 1. The second-order valence-corrected chi connectivity index (χ2v) is 5.60. The van der Waals surface area contributed by atoms with Gasteiger partial charge in [-0.15, -0.1) is 0 Å². The predicted octanol–water partition coefficient (Wildman–Crippen LogP) is 0.834. The van der Waals surface area contributed by atoms with Crippen molar-refractivity contribution in [3.63, 3.8) is 0 Å². The summed E-state index contributed by atoms with van der Waals surface area (Å²) in [7, 11) is 0. The standard InChI is InChI=1S/C14H20N6O2/c1-2-13-16-12(19-22-13)8-20-5-3-4-9(7-20)10-6-11(14(15)21)18-17-10/h6,9H,2-5,7-8H2,1H3,(H2,15,21)(H,17,18). The second-order valence-electron chi connectivity index (χ2n) is 5.60. The van der Waals surface area contributed by atoms with E-state index in [-0.39, 0.29) is 5.69 Å². The number of hydrogen-bond donors (Lipinski definition) is 2. The van der Waals surface area contributed by atoms with E-state index in [4.69, 9.17) is 10.3 Å². The number of hydrogen-bond acceptors (Lipinski definition) is 6. The van der Waals surface area contributed by atoms with Gasteiger partial charge in [0.2, 0.25) is 5.89 Å². The van der Waals surface area contributed by atoms with Crippen molar-refractivity contribution in [1.29, 1.82) is 0 Å². The number of aromatic nitrogens is 4. The number of amides is 1. The Morgan fingerprint density at radius 2 is 2.45 bits per heavy atom. The number of rotatable bonds is 5. The predicted molar refractivity (Wildman–Crippen MR) is 78.0 cm³/mol. The van der Waals surface area contributed by atoms with E-state index in [2.05, 4.69) is 25.2 Å². The molecule has 8 nitrogen and oxygen atoms in total. The molecule has 0 aliphatic carbocycles. The number of carbonyl (C=O) groups is 1. The molecule has 1 saturated heterocycles. The van der Waals surface area contributed by atoms with Gasteiger partial charge in [-0.1, -0.05) is 12.1 Å². The van der Waals surface area contributed by atoms with Gasteiger partial charge in [-0.25, -0.2) is 0 Å². The van der Waals surface area contributed by atoms with E-state index in [9.17, 15) is 4.79 Å². The number of H-pyrrole nitrogens is 1. The van der Waals surface area contributed by atoms with Gasteiger partial charge in [0.15, 0.2) is 5.82 Å². The van der Waals surface area contributed by atoms with Crippen LogP contribution in [0.5, 0.6) is 0 Å². The number of nitrogens with one attached hydrogen (secondary N) is 1. The first-order valence-corrected chi connectivity index (χ1v) is 7.54. The Bertz CT molecular complexity index is 649. The Kier molecular flexibility index (Phi) is 4.19. The van der Waals surface area contributed by atoms with E-state index in [0.717, 1.165) is 43.9 Å². The largest absolute Gasteiger partial charge is 0.364 e. The number of carbonyl (C=O) groups excluding carboxylic acids is 1. The van der Waals surface area contributed by atoms with E-state index < -0.39 is 5.91 Å². The molecule has 0 spiro atoms. The lowest BCUT2D eigenvalue weighted by Gasteiger charge is -2.31. The van der Waals surface area contributed by atoms with Crippen LogP contribution in [-0.4, -0.2) is 44.2 Å². The quantitative estimate of drug-likeness (QED) is 0.845.